The number of carbonyl (C=O) groups is 1. The highest BCUT2D eigenvalue weighted by Crippen LogP contribution is 2.31. The molecule has 2 bridgehead atoms. The lowest BCUT2D eigenvalue weighted by molar-refractivity contribution is -0.148. The highest BCUT2D eigenvalue weighted by Gasteiger charge is 2.19. The van der Waals surface area contributed by atoms with Gasteiger partial charge in [-0.3, -0.25) is 4.89 Å². The van der Waals surface area contributed by atoms with Gasteiger partial charge in [0.1, 0.15) is 0 Å². The molecule has 0 radical (unpaired) electrons. The molecule has 0 N–H and O–H groups in total. The summed E-state index contributed by atoms with van der Waals surface area (Å²) < 4.78 is 4.95. The van der Waals surface area contributed by atoms with Crippen LogP contribution in [-0.2, 0) is 4.89 Å². The average molecular weight is 166 g/mol. The van der Waals surface area contributed by atoms with Crippen molar-refractivity contribution in [1.82, 2.24) is 0 Å². The van der Waals surface area contributed by atoms with E-state index in [1.165, 1.54) is 7.11 Å². The van der Waals surface area contributed by atoms with Gasteiger partial charge in [-0.05, 0) is 18.2 Å². The van der Waals surface area contributed by atoms with E-state index in [1.54, 1.807) is 18.2 Å². The molecule has 0 aromatic heterocycles. The maximum atomic E-state index is 11.0. The van der Waals surface area contributed by atoms with Crippen LogP contribution in [0.4, 0.5) is 0 Å². The van der Waals surface area contributed by atoms with Crippen molar-refractivity contribution in [3.8, 4) is 11.5 Å². The number of hydrogen-bond donors (Lipinski definition) is 0. The van der Waals surface area contributed by atoms with Gasteiger partial charge in [0.25, 0.3) is 0 Å². The molecule has 3 rings (SSSR count). The third-order valence-electron chi connectivity index (χ3n) is 1.61. The van der Waals surface area contributed by atoms with Gasteiger partial charge in [0, 0.05) is 0 Å². The van der Waals surface area contributed by atoms with Crippen LogP contribution in [-0.4, -0.2) is 13.1 Å². The lowest BCUT2D eigenvalue weighted by Crippen LogP contribution is -2.03. The zero-order chi connectivity index (χ0) is 8.55. The highest BCUT2D eigenvalue weighted by molar-refractivity contribution is 5.90. The molecular formula is C8H6O4. The van der Waals surface area contributed by atoms with Crippen LogP contribution in [0.5, 0.6) is 11.5 Å². The lowest BCUT2D eigenvalue weighted by atomic mass is 10.2. The fraction of sp³-hybridized carbons (Fsp3) is 0.125. The quantitative estimate of drug-likeness (QED) is 0.587. The number of benzene rings is 1. The Hall–Kier alpha value is -1.71. The zero-order valence-corrected chi connectivity index (χ0v) is 6.37. The second-order valence-corrected chi connectivity index (χ2v) is 2.32. The molecule has 0 saturated carbocycles. The molecule has 0 fully saturated rings. The third-order valence-corrected chi connectivity index (χ3v) is 1.61. The van der Waals surface area contributed by atoms with Crippen molar-refractivity contribution < 1.29 is 19.3 Å². The largest absolute Gasteiger partial charge is 0.493 e. The highest BCUT2D eigenvalue weighted by atomic mass is 17.2. The molecule has 4 heteroatoms. The van der Waals surface area contributed by atoms with Crippen LogP contribution in [0.2, 0.25) is 0 Å². The normalized spacial score (nSPS) is 13.2. The first-order valence-corrected chi connectivity index (χ1v) is 3.38. The number of hydrogen-bond acceptors (Lipinski definition) is 4. The average Bonchev–Trinajstić information content (AvgIpc) is 2.37. The van der Waals surface area contributed by atoms with Crippen LogP contribution in [0.1, 0.15) is 10.4 Å². The van der Waals surface area contributed by atoms with E-state index in [4.69, 9.17) is 4.74 Å². The summed E-state index contributed by atoms with van der Waals surface area (Å²) in [6.07, 6.45) is 0. The Morgan fingerprint density at radius 1 is 1.33 bits per heavy atom. The van der Waals surface area contributed by atoms with Crippen LogP contribution in [0.25, 0.3) is 0 Å². The standard InChI is InChI=1S/C8H6O4/c1-10-7-4-5-2-3-6(7)11-12-8(5)9/h2-4H,1H3. The van der Waals surface area contributed by atoms with Gasteiger partial charge in [0.15, 0.2) is 5.75 Å². The Balaban J connectivity index is 2.56. The predicted octanol–water partition coefficient (Wildman–Crippen LogP) is 1.16. The molecule has 0 aliphatic carbocycles. The van der Waals surface area contributed by atoms with Crippen molar-refractivity contribution in [3.05, 3.63) is 23.8 Å². The molecule has 0 saturated heterocycles. The molecular weight excluding hydrogens is 160 g/mol. The van der Waals surface area contributed by atoms with Crippen molar-refractivity contribution in [2.45, 2.75) is 0 Å². The minimum atomic E-state index is -0.506. The number of carbonyl (C=O) groups excluding carboxylic acids is 1. The van der Waals surface area contributed by atoms with Crippen molar-refractivity contribution in [2.75, 3.05) is 7.11 Å². The summed E-state index contributed by atoms with van der Waals surface area (Å²) in [5.74, 6) is 0.402. The zero-order valence-electron chi connectivity index (χ0n) is 6.37. The first kappa shape index (κ1) is 6.97. The number of fused-ring (bicyclic) bond motifs is 4. The Bertz CT molecular complexity index is 332. The van der Waals surface area contributed by atoms with E-state index in [-0.39, 0.29) is 0 Å². The van der Waals surface area contributed by atoms with Gasteiger partial charge in [0.2, 0.25) is 5.75 Å². The smallest absolute Gasteiger partial charge is 0.386 e. The molecule has 2 aliphatic rings. The Kier molecular flexibility index (Phi) is 1.40. The minimum absolute atomic E-state index is 0.409. The molecule has 12 heavy (non-hydrogen) atoms. The van der Waals surface area contributed by atoms with Gasteiger partial charge < -0.3 is 4.74 Å². The molecule has 4 nitrogen and oxygen atoms in total. The fourth-order valence-electron chi connectivity index (χ4n) is 0.994. The van der Waals surface area contributed by atoms with Crippen molar-refractivity contribution >= 4 is 5.97 Å². The molecule has 0 atom stereocenters. The molecule has 2 aliphatic heterocycles. The molecule has 0 unspecified atom stereocenters. The van der Waals surface area contributed by atoms with Gasteiger partial charge in [-0.2, -0.15) is 0 Å². The minimum Gasteiger partial charge on any atom is -0.493 e. The van der Waals surface area contributed by atoms with Crippen molar-refractivity contribution in [3.63, 3.8) is 0 Å². The first-order valence-electron chi connectivity index (χ1n) is 3.38. The Labute approximate surface area is 68.6 Å². The van der Waals surface area contributed by atoms with Crippen LogP contribution in [0.3, 0.4) is 0 Å². The molecule has 0 amide bonds. The van der Waals surface area contributed by atoms with E-state index in [0.29, 0.717) is 17.1 Å². The van der Waals surface area contributed by atoms with E-state index in [9.17, 15) is 4.79 Å². The molecule has 1 aromatic rings. The van der Waals surface area contributed by atoms with Crippen molar-refractivity contribution in [2.24, 2.45) is 0 Å². The van der Waals surface area contributed by atoms with E-state index in [1.807, 2.05) is 0 Å². The van der Waals surface area contributed by atoms with E-state index >= 15 is 0 Å². The lowest BCUT2D eigenvalue weighted by Gasteiger charge is -2.01. The Morgan fingerprint density at radius 3 is 2.92 bits per heavy atom. The Morgan fingerprint density at radius 2 is 2.17 bits per heavy atom. The summed E-state index contributed by atoms with van der Waals surface area (Å²) in [6, 6.07) is 4.82. The fourth-order valence-corrected chi connectivity index (χ4v) is 0.994. The molecule has 1 aromatic carbocycles. The maximum Gasteiger partial charge on any atom is 0.386 e. The number of methoxy groups -OCH3 is 1. The van der Waals surface area contributed by atoms with E-state index < -0.39 is 5.97 Å². The van der Waals surface area contributed by atoms with Crippen LogP contribution < -0.4 is 9.62 Å². The number of ether oxygens (including phenoxy) is 1. The maximum absolute atomic E-state index is 11.0. The van der Waals surface area contributed by atoms with Crippen LogP contribution in [0.15, 0.2) is 18.2 Å². The summed E-state index contributed by atoms with van der Waals surface area (Å²) in [5.41, 5.74) is 0.424. The SMILES string of the molecule is COc1cc2ccc1OOC2=O. The second-order valence-electron chi connectivity index (χ2n) is 2.32. The van der Waals surface area contributed by atoms with E-state index in [2.05, 4.69) is 9.78 Å². The van der Waals surface area contributed by atoms with Gasteiger partial charge in [0.05, 0.1) is 12.7 Å². The second kappa shape index (κ2) is 2.41. The monoisotopic (exact) mass is 166 g/mol. The van der Waals surface area contributed by atoms with Gasteiger partial charge in [-0.15, -0.1) is 0 Å². The van der Waals surface area contributed by atoms with Crippen LogP contribution in [0, 0.1) is 0 Å². The predicted molar refractivity (Wildman–Crippen MR) is 39.0 cm³/mol. The molecule has 0 spiro atoms. The van der Waals surface area contributed by atoms with Crippen LogP contribution >= 0.6 is 0 Å². The molecule has 62 valence electrons. The number of rotatable bonds is 1. The summed E-state index contributed by atoms with van der Waals surface area (Å²) in [5, 5.41) is 0. The van der Waals surface area contributed by atoms with Crippen molar-refractivity contribution in [1.29, 1.82) is 0 Å². The molecule has 2 heterocycles. The third kappa shape index (κ3) is 0.887. The summed E-state index contributed by atoms with van der Waals surface area (Å²) in [7, 11) is 1.50. The topological polar surface area (TPSA) is 44.8 Å². The summed E-state index contributed by atoms with van der Waals surface area (Å²) in [4.78, 5) is 20.1. The van der Waals surface area contributed by atoms with E-state index in [0.717, 1.165) is 0 Å². The summed E-state index contributed by atoms with van der Waals surface area (Å²) >= 11 is 0. The summed E-state index contributed by atoms with van der Waals surface area (Å²) in [6.45, 7) is 0. The van der Waals surface area contributed by atoms with Gasteiger partial charge >= 0.3 is 5.97 Å². The first-order chi connectivity index (χ1) is 5.81. The van der Waals surface area contributed by atoms with Gasteiger partial charge in [-0.1, -0.05) is 0 Å². The van der Waals surface area contributed by atoms with Gasteiger partial charge in [-0.25, -0.2) is 9.68 Å².